The number of rotatable bonds is 7. The third kappa shape index (κ3) is 6.88. The zero-order chi connectivity index (χ0) is 19.8. The highest BCUT2D eigenvalue weighted by Crippen LogP contribution is 2.30. The van der Waals surface area contributed by atoms with Crippen molar-refractivity contribution in [3.05, 3.63) is 12.1 Å². The molecular weight excluding hydrogens is 383 g/mol. The van der Waals surface area contributed by atoms with E-state index >= 15 is 0 Å². The van der Waals surface area contributed by atoms with Crippen LogP contribution in [0.3, 0.4) is 0 Å². The normalized spacial score (nSPS) is 14.0. The molecule has 0 atom stereocenters. The minimum Gasteiger partial charge on any atom is -0.413 e. The second-order valence-electron chi connectivity index (χ2n) is 9.27. The predicted octanol–water partition coefficient (Wildman–Crippen LogP) is 3.13. The highest BCUT2D eigenvalue weighted by molar-refractivity contribution is 6.96. The highest BCUT2D eigenvalue weighted by Gasteiger charge is 2.54. The summed E-state index contributed by atoms with van der Waals surface area (Å²) in [6.07, 6.45) is 0. The summed E-state index contributed by atoms with van der Waals surface area (Å²) in [5.74, 6) is 0. The molecule has 6 N–H and O–H groups in total. The quantitative estimate of drug-likeness (QED) is 0.465. The minimum atomic E-state index is -3.31. The Hall–Kier alpha value is -0.632. The molecule has 0 fully saturated rings. The van der Waals surface area contributed by atoms with Crippen LogP contribution in [-0.4, -0.2) is 33.8 Å². The van der Waals surface area contributed by atoms with Crippen LogP contribution in [0.25, 0.3) is 0 Å². The van der Waals surface area contributed by atoms with Crippen LogP contribution in [0.1, 0.15) is 0 Å². The van der Waals surface area contributed by atoms with Crippen molar-refractivity contribution in [1.82, 2.24) is 0 Å². The van der Waals surface area contributed by atoms with Crippen molar-refractivity contribution in [3.8, 4) is 0 Å². The maximum atomic E-state index is 6.67. The molecule has 1 aromatic carbocycles. The zero-order valence-electron chi connectivity index (χ0n) is 17.1. The van der Waals surface area contributed by atoms with Crippen molar-refractivity contribution in [2.75, 3.05) is 17.2 Å². The molecule has 0 saturated heterocycles. The molecule has 0 amide bonds. The fourth-order valence-electron chi connectivity index (χ4n) is 2.49. The maximum absolute atomic E-state index is 6.67. The number of nitrogens with two attached hydrogens (primary N) is 3. The van der Waals surface area contributed by atoms with Crippen LogP contribution in [0.15, 0.2) is 12.1 Å². The third-order valence-electron chi connectivity index (χ3n) is 2.85. The number of nitrogen functional groups attached to an aromatic ring is 3. The van der Waals surface area contributed by atoms with Gasteiger partial charge in [0.05, 0.1) is 5.19 Å². The van der Waals surface area contributed by atoms with Gasteiger partial charge in [0, 0.05) is 17.1 Å². The van der Waals surface area contributed by atoms with Gasteiger partial charge in [-0.2, -0.15) is 0 Å². The lowest BCUT2D eigenvalue weighted by Gasteiger charge is -2.43. The Morgan fingerprint density at radius 2 is 0.880 bits per heavy atom. The fourth-order valence-corrected chi connectivity index (χ4v) is 15.9. The number of benzene rings is 1. The molecule has 0 aromatic heterocycles. The van der Waals surface area contributed by atoms with E-state index in [9.17, 15) is 0 Å². The molecule has 0 aliphatic rings. The van der Waals surface area contributed by atoms with Crippen molar-refractivity contribution in [2.45, 2.75) is 58.9 Å². The van der Waals surface area contributed by atoms with Gasteiger partial charge in [0.2, 0.25) is 0 Å². The monoisotopic (exact) mass is 417 g/mol. The molecule has 25 heavy (non-hydrogen) atoms. The van der Waals surface area contributed by atoms with Crippen molar-refractivity contribution in [1.29, 1.82) is 0 Å². The van der Waals surface area contributed by atoms with Crippen LogP contribution in [0, 0.1) is 0 Å². The molecule has 10 heteroatoms. The maximum Gasteiger partial charge on any atom is 0.510 e. The second kappa shape index (κ2) is 7.17. The van der Waals surface area contributed by atoms with Gasteiger partial charge in [-0.25, -0.2) is 0 Å². The van der Waals surface area contributed by atoms with Crippen molar-refractivity contribution in [2.24, 2.45) is 0 Å². The highest BCUT2D eigenvalue weighted by atomic mass is 28.5. The number of hydrogen-bond acceptors (Lipinski definition) is 6. The van der Waals surface area contributed by atoms with Crippen LogP contribution in [0.2, 0.25) is 58.9 Å². The second-order valence-corrected chi connectivity index (χ2v) is 26.0. The van der Waals surface area contributed by atoms with Crippen molar-refractivity contribution >= 4 is 56.0 Å². The Kier molecular flexibility index (Phi) is 6.43. The third-order valence-corrected chi connectivity index (χ3v) is 14.6. The molecule has 0 unspecified atom stereocenters. The molecule has 0 heterocycles. The van der Waals surface area contributed by atoms with Crippen molar-refractivity contribution < 1.29 is 12.3 Å². The van der Waals surface area contributed by atoms with E-state index in [2.05, 4.69) is 58.9 Å². The molecule has 0 bridgehead atoms. The molecule has 0 aliphatic heterocycles. The van der Waals surface area contributed by atoms with Crippen molar-refractivity contribution in [3.63, 3.8) is 0 Å². The first-order valence-electron chi connectivity index (χ1n) is 8.50. The molecule has 144 valence electrons. The summed E-state index contributed by atoms with van der Waals surface area (Å²) in [4.78, 5) is 0. The van der Waals surface area contributed by atoms with Gasteiger partial charge in [0.15, 0.2) is 25.0 Å². The Balaban J connectivity index is 3.74. The van der Waals surface area contributed by atoms with E-state index in [1.165, 1.54) is 0 Å². The fraction of sp³-hybridized carbons (Fsp3) is 0.600. The van der Waals surface area contributed by atoms with Crippen LogP contribution in [0.4, 0.5) is 17.1 Å². The lowest BCUT2D eigenvalue weighted by molar-refractivity contribution is 0.273. The summed E-state index contributed by atoms with van der Waals surface area (Å²) in [6.45, 7) is 19.1. The lowest BCUT2D eigenvalue weighted by atomic mass is 10.2. The summed E-state index contributed by atoms with van der Waals surface area (Å²) < 4.78 is 20.0. The van der Waals surface area contributed by atoms with Gasteiger partial charge in [-0.05, 0) is 71.1 Å². The molecule has 6 nitrogen and oxygen atoms in total. The summed E-state index contributed by atoms with van der Waals surface area (Å²) in [6, 6.07) is 3.42. The molecule has 0 spiro atoms. The summed E-state index contributed by atoms with van der Waals surface area (Å²) >= 11 is 0. The van der Waals surface area contributed by atoms with E-state index < -0.39 is 33.8 Å². The lowest BCUT2D eigenvalue weighted by Crippen LogP contribution is -2.68. The minimum absolute atomic E-state index is 0.485. The van der Waals surface area contributed by atoms with Gasteiger partial charge in [-0.15, -0.1) is 0 Å². The smallest absolute Gasteiger partial charge is 0.413 e. The van der Waals surface area contributed by atoms with E-state index in [1.807, 2.05) is 0 Å². The van der Waals surface area contributed by atoms with Gasteiger partial charge in [0.25, 0.3) is 0 Å². The van der Waals surface area contributed by atoms with Crippen LogP contribution < -0.4 is 22.4 Å². The average Bonchev–Trinajstić information content (AvgIpc) is 2.17. The van der Waals surface area contributed by atoms with Gasteiger partial charge in [0.1, 0.15) is 0 Å². The molecule has 1 aromatic rings. The molecular formula is C15H35N3O3Si4. The first-order chi connectivity index (χ1) is 10.9. The van der Waals surface area contributed by atoms with Gasteiger partial charge >= 0.3 is 8.80 Å². The number of anilines is 3. The van der Waals surface area contributed by atoms with E-state index in [-0.39, 0.29) is 0 Å². The first kappa shape index (κ1) is 22.4. The molecule has 0 saturated carbocycles. The van der Waals surface area contributed by atoms with Gasteiger partial charge in [-0.1, -0.05) is 0 Å². The first-order valence-corrected chi connectivity index (χ1v) is 20.4. The van der Waals surface area contributed by atoms with Gasteiger partial charge < -0.3 is 29.5 Å². The Labute approximate surface area is 156 Å². The van der Waals surface area contributed by atoms with Crippen LogP contribution >= 0.6 is 0 Å². The summed E-state index contributed by atoms with van der Waals surface area (Å²) in [5, 5.41) is 0.675. The van der Waals surface area contributed by atoms with Gasteiger partial charge in [-0.3, -0.25) is 0 Å². The number of hydrogen-bond donors (Lipinski definition) is 3. The molecule has 0 radical (unpaired) electrons. The van der Waals surface area contributed by atoms with Crippen LogP contribution in [0.5, 0.6) is 0 Å². The Morgan fingerprint density at radius 1 is 0.600 bits per heavy atom. The van der Waals surface area contributed by atoms with E-state index in [1.54, 1.807) is 12.1 Å². The summed E-state index contributed by atoms with van der Waals surface area (Å²) in [7, 11) is -9.37. The predicted molar refractivity (Wildman–Crippen MR) is 118 cm³/mol. The average molecular weight is 418 g/mol. The molecule has 0 aliphatic carbocycles. The van der Waals surface area contributed by atoms with E-state index in [4.69, 9.17) is 29.5 Å². The van der Waals surface area contributed by atoms with E-state index in [0.29, 0.717) is 22.2 Å². The molecule has 1 rings (SSSR count). The zero-order valence-corrected chi connectivity index (χ0v) is 21.1. The topological polar surface area (TPSA) is 106 Å². The SMILES string of the molecule is C[Si](C)(C)O[Si](O[Si](C)(C)C)(O[Si](C)(C)C)c1c(N)cc(N)cc1N. The van der Waals surface area contributed by atoms with Crippen LogP contribution in [-0.2, 0) is 12.3 Å². The Morgan fingerprint density at radius 3 is 1.12 bits per heavy atom. The Bertz CT molecular complexity index is 558. The van der Waals surface area contributed by atoms with E-state index in [0.717, 1.165) is 0 Å². The largest absolute Gasteiger partial charge is 0.510 e. The summed E-state index contributed by atoms with van der Waals surface area (Å²) in [5.41, 5.74) is 20.1. The standard InChI is InChI=1S/C15H35N3O3Si4/c1-22(2,3)19-25(20-23(4,5)6,21-24(7,8)9)15-13(17)10-12(16)11-14(15)18/h10-11H,16-18H2,1-9H3.